The number of halogens is 2. The van der Waals surface area contributed by atoms with Crippen LogP contribution in [0.4, 0.5) is 11.4 Å². The van der Waals surface area contributed by atoms with Gasteiger partial charge >= 0.3 is 0 Å². The molecule has 0 bridgehead atoms. The molecule has 4 nitrogen and oxygen atoms in total. The van der Waals surface area contributed by atoms with Gasteiger partial charge in [-0.05, 0) is 30.3 Å². The normalized spacial score (nSPS) is 10.0. The first-order valence-electron chi connectivity index (χ1n) is 6.91. The Bertz CT molecular complexity index is 705. The standard InChI is InChI=1S/C17H16Cl2N2O2/c1-2-8-23-14-5-3-4-12(9-14)20-11-17(22)21-13-6-7-15(18)16(19)10-13/h2-7,9-10,20H,1,8,11H2,(H,21,22). The van der Waals surface area contributed by atoms with Gasteiger partial charge in [-0.1, -0.05) is 41.9 Å². The molecule has 2 aromatic rings. The lowest BCUT2D eigenvalue weighted by Gasteiger charge is -2.10. The maximum atomic E-state index is 11.9. The zero-order chi connectivity index (χ0) is 16.7. The van der Waals surface area contributed by atoms with Gasteiger partial charge in [0.15, 0.2) is 0 Å². The van der Waals surface area contributed by atoms with Crippen molar-refractivity contribution in [2.24, 2.45) is 0 Å². The molecule has 2 N–H and O–H groups in total. The van der Waals surface area contributed by atoms with E-state index in [0.29, 0.717) is 28.1 Å². The molecule has 0 aliphatic heterocycles. The van der Waals surface area contributed by atoms with Gasteiger partial charge in [-0.2, -0.15) is 0 Å². The van der Waals surface area contributed by atoms with Crippen LogP contribution in [0.25, 0.3) is 0 Å². The van der Waals surface area contributed by atoms with Crippen molar-refractivity contribution >= 4 is 40.5 Å². The number of carbonyl (C=O) groups excluding carboxylic acids is 1. The molecular formula is C17H16Cl2N2O2. The van der Waals surface area contributed by atoms with E-state index in [-0.39, 0.29) is 12.5 Å². The number of nitrogens with one attached hydrogen (secondary N) is 2. The Kier molecular flexibility index (Phi) is 6.32. The van der Waals surface area contributed by atoms with E-state index in [4.69, 9.17) is 27.9 Å². The lowest BCUT2D eigenvalue weighted by molar-refractivity contribution is -0.114. The van der Waals surface area contributed by atoms with Gasteiger partial charge in [-0.25, -0.2) is 0 Å². The van der Waals surface area contributed by atoms with Crippen LogP contribution in [-0.2, 0) is 4.79 Å². The van der Waals surface area contributed by atoms with Gasteiger partial charge in [0, 0.05) is 17.4 Å². The van der Waals surface area contributed by atoms with Gasteiger partial charge in [0.2, 0.25) is 5.91 Å². The van der Waals surface area contributed by atoms with Crippen LogP contribution in [0.1, 0.15) is 0 Å². The van der Waals surface area contributed by atoms with Crippen LogP contribution in [0, 0.1) is 0 Å². The molecule has 0 aromatic heterocycles. The van der Waals surface area contributed by atoms with E-state index in [1.165, 1.54) is 0 Å². The van der Waals surface area contributed by atoms with Crippen LogP contribution < -0.4 is 15.4 Å². The molecule has 0 aliphatic rings. The molecular weight excluding hydrogens is 335 g/mol. The van der Waals surface area contributed by atoms with Crippen LogP contribution in [0.5, 0.6) is 5.75 Å². The fraction of sp³-hybridized carbons (Fsp3) is 0.118. The summed E-state index contributed by atoms with van der Waals surface area (Å²) >= 11 is 11.7. The molecule has 0 saturated carbocycles. The van der Waals surface area contributed by atoms with Crippen LogP contribution in [-0.4, -0.2) is 19.1 Å². The maximum absolute atomic E-state index is 11.9. The quantitative estimate of drug-likeness (QED) is 0.717. The highest BCUT2D eigenvalue weighted by atomic mass is 35.5. The van der Waals surface area contributed by atoms with E-state index in [1.807, 2.05) is 24.3 Å². The van der Waals surface area contributed by atoms with Crippen molar-refractivity contribution in [2.45, 2.75) is 0 Å². The van der Waals surface area contributed by atoms with Gasteiger partial charge in [-0.15, -0.1) is 0 Å². The second-order valence-electron chi connectivity index (χ2n) is 4.66. The predicted molar refractivity (Wildman–Crippen MR) is 95.7 cm³/mol. The van der Waals surface area contributed by atoms with Gasteiger partial charge < -0.3 is 15.4 Å². The highest BCUT2D eigenvalue weighted by Gasteiger charge is 2.05. The smallest absolute Gasteiger partial charge is 0.243 e. The second-order valence-corrected chi connectivity index (χ2v) is 5.47. The zero-order valence-electron chi connectivity index (χ0n) is 12.3. The molecule has 0 saturated heterocycles. The number of rotatable bonds is 7. The summed E-state index contributed by atoms with van der Waals surface area (Å²) in [6.07, 6.45) is 1.67. The Morgan fingerprint density at radius 3 is 2.70 bits per heavy atom. The average molecular weight is 351 g/mol. The minimum Gasteiger partial charge on any atom is -0.489 e. The summed E-state index contributed by atoms with van der Waals surface area (Å²) in [6.45, 7) is 4.15. The molecule has 0 aliphatic carbocycles. The molecule has 23 heavy (non-hydrogen) atoms. The molecule has 2 rings (SSSR count). The fourth-order valence-corrected chi connectivity index (χ4v) is 2.11. The fourth-order valence-electron chi connectivity index (χ4n) is 1.81. The second kappa shape index (κ2) is 8.46. The Morgan fingerprint density at radius 1 is 1.13 bits per heavy atom. The van der Waals surface area contributed by atoms with Gasteiger partial charge in [0.05, 0.1) is 16.6 Å². The molecule has 2 aromatic carbocycles. The molecule has 0 fully saturated rings. The third kappa shape index (κ3) is 5.51. The maximum Gasteiger partial charge on any atom is 0.243 e. The molecule has 0 spiro atoms. The highest BCUT2D eigenvalue weighted by Crippen LogP contribution is 2.25. The molecule has 1 amide bonds. The van der Waals surface area contributed by atoms with E-state index in [0.717, 1.165) is 5.69 Å². The summed E-state index contributed by atoms with van der Waals surface area (Å²) in [5.41, 5.74) is 1.38. The lowest BCUT2D eigenvalue weighted by Crippen LogP contribution is -2.21. The topological polar surface area (TPSA) is 50.4 Å². The van der Waals surface area contributed by atoms with Crippen molar-refractivity contribution < 1.29 is 9.53 Å². The predicted octanol–water partition coefficient (Wildman–Crippen LogP) is 4.61. The van der Waals surface area contributed by atoms with E-state index in [1.54, 1.807) is 24.3 Å². The summed E-state index contributed by atoms with van der Waals surface area (Å²) < 4.78 is 5.44. The van der Waals surface area contributed by atoms with Crippen LogP contribution in [0.3, 0.4) is 0 Å². The number of ether oxygens (including phenoxy) is 1. The molecule has 120 valence electrons. The van der Waals surface area contributed by atoms with Gasteiger partial charge in [-0.3, -0.25) is 4.79 Å². The number of hydrogen-bond acceptors (Lipinski definition) is 3. The molecule has 0 heterocycles. The summed E-state index contributed by atoms with van der Waals surface area (Å²) in [4.78, 5) is 11.9. The Balaban J connectivity index is 1.88. The van der Waals surface area contributed by atoms with E-state index in [9.17, 15) is 4.79 Å². The van der Waals surface area contributed by atoms with Crippen molar-refractivity contribution in [3.05, 3.63) is 65.2 Å². The largest absolute Gasteiger partial charge is 0.489 e. The number of anilines is 2. The van der Waals surface area contributed by atoms with Crippen molar-refractivity contribution in [3.63, 3.8) is 0 Å². The number of amides is 1. The minimum atomic E-state index is -0.194. The summed E-state index contributed by atoms with van der Waals surface area (Å²) in [5.74, 6) is 0.514. The van der Waals surface area contributed by atoms with Crippen LogP contribution in [0.2, 0.25) is 10.0 Å². The van der Waals surface area contributed by atoms with Gasteiger partial charge in [0.1, 0.15) is 12.4 Å². The molecule has 0 radical (unpaired) electrons. The molecule has 0 atom stereocenters. The van der Waals surface area contributed by atoms with Crippen LogP contribution >= 0.6 is 23.2 Å². The Morgan fingerprint density at radius 2 is 1.96 bits per heavy atom. The SMILES string of the molecule is C=CCOc1cccc(NCC(=O)Nc2ccc(Cl)c(Cl)c2)c1. The van der Waals surface area contributed by atoms with Gasteiger partial charge in [0.25, 0.3) is 0 Å². The number of benzene rings is 2. The van der Waals surface area contributed by atoms with E-state index in [2.05, 4.69) is 17.2 Å². The highest BCUT2D eigenvalue weighted by molar-refractivity contribution is 6.42. The Labute approximate surface area is 145 Å². The van der Waals surface area contributed by atoms with Crippen molar-refractivity contribution in [2.75, 3.05) is 23.8 Å². The number of carbonyl (C=O) groups is 1. The summed E-state index contributed by atoms with van der Waals surface area (Å²) in [5, 5.41) is 6.61. The van der Waals surface area contributed by atoms with Crippen LogP contribution in [0.15, 0.2) is 55.1 Å². The van der Waals surface area contributed by atoms with E-state index < -0.39 is 0 Å². The zero-order valence-corrected chi connectivity index (χ0v) is 13.8. The Hall–Kier alpha value is -2.17. The first kappa shape index (κ1) is 17.2. The van der Waals surface area contributed by atoms with E-state index >= 15 is 0 Å². The first-order chi connectivity index (χ1) is 11.1. The third-order valence-electron chi connectivity index (χ3n) is 2.86. The monoisotopic (exact) mass is 350 g/mol. The first-order valence-corrected chi connectivity index (χ1v) is 7.66. The molecule has 0 unspecified atom stereocenters. The third-order valence-corrected chi connectivity index (χ3v) is 3.60. The van der Waals surface area contributed by atoms with Crippen molar-refractivity contribution in [3.8, 4) is 5.75 Å². The number of hydrogen-bond donors (Lipinski definition) is 2. The average Bonchev–Trinajstić information content (AvgIpc) is 2.55. The molecule has 6 heteroatoms. The summed E-state index contributed by atoms with van der Waals surface area (Å²) in [6, 6.07) is 12.3. The minimum absolute atomic E-state index is 0.116. The summed E-state index contributed by atoms with van der Waals surface area (Å²) in [7, 11) is 0. The lowest BCUT2D eigenvalue weighted by atomic mass is 10.3. The van der Waals surface area contributed by atoms with Crippen molar-refractivity contribution in [1.29, 1.82) is 0 Å². The van der Waals surface area contributed by atoms with Crippen molar-refractivity contribution in [1.82, 2.24) is 0 Å².